The molecular weight excluding hydrogens is 232 g/mol. The molecule has 1 aromatic heterocycles. The van der Waals surface area contributed by atoms with Crippen LogP contribution in [-0.2, 0) is 4.79 Å². The van der Waals surface area contributed by atoms with Crippen LogP contribution in [0.1, 0.15) is 22.3 Å². The summed E-state index contributed by atoms with van der Waals surface area (Å²) in [5, 5.41) is 20.4. The highest BCUT2D eigenvalue weighted by molar-refractivity contribution is 7.11. The Balaban J connectivity index is 2.61. The number of thiazole rings is 1. The summed E-state index contributed by atoms with van der Waals surface area (Å²) in [6, 6.07) is 0. The van der Waals surface area contributed by atoms with Gasteiger partial charge in [0, 0.05) is 0 Å². The van der Waals surface area contributed by atoms with E-state index < -0.39 is 17.5 Å². The van der Waals surface area contributed by atoms with Crippen LogP contribution in [0.2, 0.25) is 0 Å². The second-order valence-electron chi connectivity index (χ2n) is 3.53. The zero-order chi connectivity index (χ0) is 12.3. The van der Waals surface area contributed by atoms with Crippen molar-refractivity contribution in [2.45, 2.75) is 19.4 Å². The van der Waals surface area contributed by atoms with Crippen molar-refractivity contribution in [3.63, 3.8) is 0 Å². The van der Waals surface area contributed by atoms with Crippen LogP contribution in [-0.4, -0.2) is 39.2 Å². The molecule has 1 unspecified atom stereocenters. The summed E-state index contributed by atoms with van der Waals surface area (Å²) in [6.45, 7) is 2.45. The zero-order valence-electron chi connectivity index (χ0n) is 8.85. The van der Waals surface area contributed by atoms with Gasteiger partial charge in [0.25, 0.3) is 5.91 Å². The van der Waals surface area contributed by atoms with E-state index >= 15 is 0 Å². The Morgan fingerprint density at radius 3 is 2.69 bits per heavy atom. The molecule has 0 saturated heterocycles. The summed E-state index contributed by atoms with van der Waals surface area (Å²) < 4.78 is 0. The highest BCUT2D eigenvalue weighted by Gasteiger charge is 2.30. The lowest BCUT2D eigenvalue weighted by molar-refractivity contribution is -0.155. The fourth-order valence-corrected chi connectivity index (χ4v) is 1.65. The monoisotopic (exact) mass is 244 g/mol. The summed E-state index contributed by atoms with van der Waals surface area (Å²) in [5.74, 6) is -1.81. The normalized spacial score (nSPS) is 14.2. The Morgan fingerprint density at radius 2 is 2.25 bits per heavy atom. The predicted octanol–water partition coefficient (Wildman–Crippen LogP) is 0.0169. The van der Waals surface area contributed by atoms with Gasteiger partial charge in [-0.3, -0.25) is 4.79 Å². The number of aryl methyl sites for hydroxylation is 1. The maximum atomic E-state index is 11.6. The molecule has 1 atom stereocenters. The summed E-state index contributed by atoms with van der Waals surface area (Å²) >= 11 is 1.16. The fraction of sp³-hybridized carbons (Fsp3) is 0.444. The molecule has 1 rings (SSSR count). The van der Waals surface area contributed by atoms with Crippen LogP contribution in [0.15, 0.2) is 5.51 Å². The highest BCUT2D eigenvalue weighted by atomic mass is 32.1. The van der Waals surface area contributed by atoms with Gasteiger partial charge in [-0.1, -0.05) is 0 Å². The molecule has 3 N–H and O–H groups in total. The zero-order valence-corrected chi connectivity index (χ0v) is 9.67. The van der Waals surface area contributed by atoms with Crippen molar-refractivity contribution in [3.05, 3.63) is 16.1 Å². The van der Waals surface area contributed by atoms with Crippen molar-refractivity contribution in [2.75, 3.05) is 6.54 Å². The molecule has 7 heteroatoms. The average molecular weight is 244 g/mol. The summed E-state index contributed by atoms with van der Waals surface area (Å²) in [7, 11) is 0. The Bertz CT molecular complexity index is 413. The smallest absolute Gasteiger partial charge is 0.337 e. The third-order valence-electron chi connectivity index (χ3n) is 2.01. The van der Waals surface area contributed by atoms with Crippen molar-refractivity contribution in [1.82, 2.24) is 10.3 Å². The molecular formula is C9H12N2O4S. The van der Waals surface area contributed by atoms with Crippen LogP contribution in [0.4, 0.5) is 0 Å². The van der Waals surface area contributed by atoms with E-state index in [1.165, 1.54) is 5.51 Å². The highest BCUT2D eigenvalue weighted by Crippen LogP contribution is 2.12. The molecule has 1 amide bonds. The lowest BCUT2D eigenvalue weighted by atomic mass is 10.1. The molecule has 6 nitrogen and oxygen atoms in total. The average Bonchev–Trinajstić information content (AvgIpc) is 2.61. The number of carboxylic acid groups (broad SMARTS) is 1. The number of carboxylic acids is 1. The lowest BCUT2D eigenvalue weighted by Gasteiger charge is -2.17. The molecule has 0 aliphatic carbocycles. The number of aliphatic hydroxyl groups is 1. The number of aliphatic carboxylic acids is 1. The predicted molar refractivity (Wildman–Crippen MR) is 57.4 cm³/mol. The topological polar surface area (TPSA) is 99.5 Å². The number of nitrogens with zero attached hydrogens (tertiary/aromatic N) is 1. The third-order valence-corrected chi connectivity index (χ3v) is 2.93. The first-order valence-corrected chi connectivity index (χ1v) is 5.36. The Labute approximate surface area is 95.9 Å². The maximum Gasteiger partial charge on any atom is 0.337 e. The van der Waals surface area contributed by atoms with Crippen molar-refractivity contribution in [3.8, 4) is 0 Å². The minimum absolute atomic E-state index is 0.349. The van der Waals surface area contributed by atoms with E-state index in [1.54, 1.807) is 6.92 Å². The summed E-state index contributed by atoms with van der Waals surface area (Å²) in [6.07, 6.45) is 0. The lowest BCUT2D eigenvalue weighted by Crippen LogP contribution is -2.46. The van der Waals surface area contributed by atoms with Crippen LogP contribution >= 0.6 is 11.3 Å². The summed E-state index contributed by atoms with van der Waals surface area (Å²) in [5.41, 5.74) is 0.144. The van der Waals surface area contributed by atoms with Crippen molar-refractivity contribution < 1.29 is 19.8 Å². The first-order valence-electron chi connectivity index (χ1n) is 4.48. The molecule has 16 heavy (non-hydrogen) atoms. The van der Waals surface area contributed by atoms with E-state index in [1.807, 2.05) is 0 Å². The number of amides is 1. The van der Waals surface area contributed by atoms with Gasteiger partial charge in [-0.15, -0.1) is 11.3 Å². The summed E-state index contributed by atoms with van der Waals surface area (Å²) in [4.78, 5) is 26.4. The van der Waals surface area contributed by atoms with Crippen LogP contribution in [0.3, 0.4) is 0 Å². The molecule has 0 saturated carbocycles. The Morgan fingerprint density at radius 1 is 1.62 bits per heavy atom. The number of carbonyl (C=O) groups is 2. The van der Waals surface area contributed by atoms with Gasteiger partial charge in [0.1, 0.15) is 4.88 Å². The molecule has 0 radical (unpaired) electrons. The SMILES string of the molecule is Cc1ncsc1C(=O)NCC(C)(O)C(=O)O. The van der Waals surface area contributed by atoms with Gasteiger partial charge in [-0.25, -0.2) is 9.78 Å². The van der Waals surface area contributed by atoms with E-state index in [0.29, 0.717) is 10.6 Å². The van der Waals surface area contributed by atoms with Gasteiger partial charge in [0.2, 0.25) is 0 Å². The maximum absolute atomic E-state index is 11.6. The first-order chi connectivity index (χ1) is 7.34. The Kier molecular flexibility index (Phi) is 3.61. The van der Waals surface area contributed by atoms with Gasteiger partial charge >= 0.3 is 5.97 Å². The second-order valence-corrected chi connectivity index (χ2v) is 4.38. The number of nitrogens with one attached hydrogen (secondary N) is 1. The largest absolute Gasteiger partial charge is 0.479 e. The van der Waals surface area contributed by atoms with Gasteiger partial charge in [0.15, 0.2) is 5.60 Å². The van der Waals surface area contributed by atoms with E-state index in [4.69, 9.17) is 5.11 Å². The molecule has 1 aromatic rings. The molecule has 88 valence electrons. The van der Waals surface area contributed by atoms with Crippen LogP contribution < -0.4 is 5.32 Å². The Hall–Kier alpha value is -1.47. The second kappa shape index (κ2) is 4.58. The molecule has 1 heterocycles. The molecule has 0 aliphatic heterocycles. The van der Waals surface area contributed by atoms with E-state index in [0.717, 1.165) is 18.3 Å². The van der Waals surface area contributed by atoms with Crippen LogP contribution in [0.5, 0.6) is 0 Å². The number of rotatable bonds is 4. The molecule has 0 aliphatic rings. The third kappa shape index (κ3) is 2.77. The van der Waals surface area contributed by atoms with Gasteiger partial charge in [-0.05, 0) is 13.8 Å². The fourth-order valence-electron chi connectivity index (χ4n) is 0.928. The van der Waals surface area contributed by atoms with Crippen molar-refractivity contribution >= 4 is 23.2 Å². The van der Waals surface area contributed by atoms with Crippen LogP contribution in [0.25, 0.3) is 0 Å². The van der Waals surface area contributed by atoms with Gasteiger partial charge < -0.3 is 15.5 Å². The number of aromatic nitrogens is 1. The standard InChI is InChI=1S/C9H12N2O4S/c1-5-6(16-4-11-5)7(12)10-3-9(2,15)8(13)14/h4,15H,3H2,1-2H3,(H,10,12)(H,13,14). The molecule has 0 bridgehead atoms. The van der Waals surface area contributed by atoms with E-state index in [9.17, 15) is 14.7 Å². The number of hydrogen-bond acceptors (Lipinski definition) is 5. The quantitative estimate of drug-likeness (QED) is 0.693. The molecule has 0 aromatic carbocycles. The van der Waals surface area contributed by atoms with E-state index in [-0.39, 0.29) is 6.54 Å². The van der Waals surface area contributed by atoms with Crippen molar-refractivity contribution in [1.29, 1.82) is 0 Å². The van der Waals surface area contributed by atoms with E-state index in [2.05, 4.69) is 10.3 Å². The first kappa shape index (κ1) is 12.6. The van der Waals surface area contributed by atoms with Crippen molar-refractivity contribution in [2.24, 2.45) is 0 Å². The van der Waals surface area contributed by atoms with Gasteiger partial charge in [-0.2, -0.15) is 0 Å². The van der Waals surface area contributed by atoms with Gasteiger partial charge in [0.05, 0.1) is 17.7 Å². The van der Waals surface area contributed by atoms with Crippen LogP contribution in [0, 0.1) is 6.92 Å². The number of hydrogen-bond donors (Lipinski definition) is 3. The molecule has 0 spiro atoms. The minimum atomic E-state index is -1.96. The number of carbonyl (C=O) groups excluding carboxylic acids is 1. The molecule has 0 fully saturated rings. The minimum Gasteiger partial charge on any atom is -0.479 e.